The zero-order chi connectivity index (χ0) is 21.6. The third-order valence-corrected chi connectivity index (χ3v) is 5.69. The van der Waals surface area contributed by atoms with E-state index in [-0.39, 0.29) is 13.2 Å². The Bertz CT molecular complexity index is 374. The van der Waals surface area contributed by atoms with Gasteiger partial charge < -0.3 is 19.3 Å². The Labute approximate surface area is 179 Å². The number of ether oxygens (including phenoxy) is 2. The van der Waals surface area contributed by atoms with Gasteiger partial charge in [-0.25, -0.2) is 4.57 Å². The van der Waals surface area contributed by atoms with E-state index in [9.17, 15) is 4.57 Å². The molecule has 0 aliphatic carbocycles. The van der Waals surface area contributed by atoms with Crippen LogP contribution >= 0.6 is 7.82 Å². The standard InChI is InChI=1S/C22H47O6P/c1-3-4-5-6-7-8-9-10-11-12-13-14-15-16-17-18-19-27-20-22(26-2)21-28-29(23,24)25/h22H,3-21H2,1-2H3,(H2,23,24,25). The highest BCUT2D eigenvalue weighted by molar-refractivity contribution is 7.46. The summed E-state index contributed by atoms with van der Waals surface area (Å²) in [5.74, 6) is 0. The second-order valence-corrected chi connectivity index (χ2v) is 9.26. The van der Waals surface area contributed by atoms with Gasteiger partial charge in [-0.3, -0.25) is 4.52 Å². The third-order valence-electron chi connectivity index (χ3n) is 5.21. The highest BCUT2D eigenvalue weighted by atomic mass is 31.2. The molecule has 0 amide bonds. The Morgan fingerprint density at radius 3 is 1.48 bits per heavy atom. The monoisotopic (exact) mass is 438 g/mol. The zero-order valence-electron chi connectivity index (χ0n) is 19.0. The maximum absolute atomic E-state index is 10.7. The molecule has 6 nitrogen and oxygen atoms in total. The number of methoxy groups -OCH3 is 1. The van der Waals surface area contributed by atoms with Crippen LogP contribution < -0.4 is 0 Å². The van der Waals surface area contributed by atoms with Gasteiger partial charge in [0.2, 0.25) is 0 Å². The smallest absolute Gasteiger partial charge is 0.379 e. The molecule has 0 radical (unpaired) electrons. The van der Waals surface area contributed by atoms with Crippen LogP contribution in [-0.4, -0.2) is 42.8 Å². The molecule has 0 heterocycles. The lowest BCUT2D eigenvalue weighted by Gasteiger charge is -2.16. The van der Waals surface area contributed by atoms with Crippen LogP contribution in [0.2, 0.25) is 0 Å². The largest absolute Gasteiger partial charge is 0.469 e. The van der Waals surface area contributed by atoms with E-state index in [0.717, 1.165) is 12.8 Å². The fourth-order valence-corrected chi connectivity index (χ4v) is 3.69. The van der Waals surface area contributed by atoms with E-state index < -0.39 is 13.9 Å². The minimum atomic E-state index is -4.45. The fourth-order valence-electron chi connectivity index (χ4n) is 3.33. The van der Waals surface area contributed by atoms with E-state index in [1.54, 1.807) is 0 Å². The lowest BCUT2D eigenvalue weighted by Crippen LogP contribution is -2.24. The van der Waals surface area contributed by atoms with E-state index in [1.807, 2.05) is 0 Å². The van der Waals surface area contributed by atoms with Crippen LogP contribution in [0, 0.1) is 0 Å². The molecule has 0 fully saturated rings. The number of unbranched alkanes of at least 4 members (excludes halogenated alkanes) is 15. The van der Waals surface area contributed by atoms with Gasteiger partial charge in [-0.15, -0.1) is 0 Å². The number of hydrogen-bond acceptors (Lipinski definition) is 4. The van der Waals surface area contributed by atoms with Gasteiger partial charge in [-0.05, 0) is 6.42 Å². The van der Waals surface area contributed by atoms with Crippen LogP contribution in [0.3, 0.4) is 0 Å². The molecule has 0 aromatic rings. The van der Waals surface area contributed by atoms with Gasteiger partial charge in [0.25, 0.3) is 0 Å². The highest BCUT2D eigenvalue weighted by Gasteiger charge is 2.18. The molecule has 0 aromatic heterocycles. The van der Waals surface area contributed by atoms with Crippen molar-refractivity contribution in [2.75, 3.05) is 26.9 Å². The van der Waals surface area contributed by atoms with Crippen LogP contribution in [-0.2, 0) is 18.6 Å². The van der Waals surface area contributed by atoms with Crippen LogP contribution in [0.4, 0.5) is 0 Å². The lowest BCUT2D eigenvalue weighted by molar-refractivity contribution is -0.0201. The van der Waals surface area contributed by atoms with Gasteiger partial charge in [0.05, 0.1) is 13.2 Å². The Morgan fingerprint density at radius 2 is 1.10 bits per heavy atom. The van der Waals surface area contributed by atoms with Crippen LogP contribution in [0.5, 0.6) is 0 Å². The van der Waals surface area contributed by atoms with E-state index in [0.29, 0.717) is 6.61 Å². The summed E-state index contributed by atoms with van der Waals surface area (Å²) in [5, 5.41) is 0. The number of phosphoric ester groups is 1. The molecular weight excluding hydrogens is 391 g/mol. The van der Waals surface area contributed by atoms with Gasteiger partial charge >= 0.3 is 7.82 Å². The van der Waals surface area contributed by atoms with Crippen molar-refractivity contribution < 1.29 is 28.3 Å². The Kier molecular flexibility index (Phi) is 21.3. The van der Waals surface area contributed by atoms with E-state index >= 15 is 0 Å². The minimum Gasteiger partial charge on any atom is -0.379 e. The van der Waals surface area contributed by atoms with Crippen molar-refractivity contribution in [3.63, 3.8) is 0 Å². The van der Waals surface area contributed by atoms with Crippen LogP contribution in [0.1, 0.15) is 110 Å². The summed E-state index contributed by atoms with van der Waals surface area (Å²) in [6.45, 7) is 3.04. The summed E-state index contributed by atoms with van der Waals surface area (Å²) in [6, 6.07) is 0. The lowest BCUT2D eigenvalue weighted by atomic mass is 10.0. The topological polar surface area (TPSA) is 85.2 Å². The first-order valence-electron chi connectivity index (χ1n) is 11.8. The number of phosphoric acid groups is 1. The van der Waals surface area contributed by atoms with Gasteiger partial charge in [-0.2, -0.15) is 0 Å². The maximum Gasteiger partial charge on any atom is 0.469 e. The van der Waals surface area contributed by atoms with Crippen molar-refractivity contribution in [1.29, 1.82) is 0 Å². The molecule has 0 bridgehead atoms. The van der Waals surface area contributed by atoms with Crippen molar-refractivity contribution in [3.8, 4) is 0 Å². The zero-order valence-corrected chi connectivity index (χ0v) is 19.9. The number of hydrogen-bond donors (Lipinski definition) is 2. The van der Waals surface area contributed by atoms with Crippen molar-refractivity contribution in [2.24, 2.45) is 0 Å². The molecule has 7 heteroatoms. The molecular formula is C22H47O6P. The Hall–Kier alpha value is 0.0300. The second kappa shape index (κ2) is 21.3. The molecule has 0 aromatic carbocycles. The fraction of sp³-hybridized carbons (Fsp3) is 1.00. The van der Waals surface area contributed by atoms with Gasteiger partial charge in [0.15, 0.2) is 0 Å². The average molecular weight is 439 g/mol. The van der Waals surface area contributed by atoms with Gasteiger partial charge in [-0.1, -0.05) is 103 Å². The van der Waals surface area contributed by atoms with Crippen LogP contribution in [0.15, 0.2) is 0 Å². The summed E-state index contributed by atoms with van der Waals surface area (Å²) in [6.07, 6.45) is 21.0. The highest BCUT2D eigenvalue weighted by Crippen LogP contribution is 2.35. The van der Waals surface area contributed by atoms with Crippen molar-refractivity contribution in [1.82, 2.24) is 0 Å². The molecule has 1 atom stereocenters. The van der Waals surface area contributed by atoms with Crippen molar-refractivity contribution >= 4 is 7.82 Å². The summed E-state index contributed by atoms with van der Waals surface area (Å²) in [5.41, 5.74) is 0. The summed E-state index contributed by atoms with van der Waals surface area (Å²) in [7, 11) is -2.97. The molecule has 29 heavy (non-hydrogen) atoms. The normalized spacial score (nSPS) is 13.1. The van der Waals surface area contributed by atoms with Gasteiger partial charge in [0.1, 0.15) is 6.10 Å². The predicted octanol–water partition coefficient (Wildman–Crippen LogP) is 6.39. The molecule has 0 rings (SSSR count). The molecule has 0 saturated heterocycles. The minimum absolute atomic E-state index is 0.167. The third kappa shape index (κ3) is 24.2. The van der Waals surface area contributed by atoms with E-state index in [2.05, 4.69) is 11.4 Å². The molecule has 0 saturated carbocycles. The first-order chi connectivity index (χ1) is 14.0. The maximum atomic E-state index is 10.7. The second-order valence-electron chi connectivity index (χ2n) is 8.02. The predicted molar refractivity (Wildman–Crippen MR) is 119 cm³/mol. The molecule has 176 valence electrons. The first-order valence-corrected chi connectivity index (χ1v) is 13.3. The molecule has 1 unspecified atom stereocenters. The average Bonchev–Trinajstić information content (AvgIpc) is 2.68. The summed E-state index contributed by atoms with van der Waals surface area (Å²) >= 11 is 0. The molecule has 2 N–H and O–H groups in total. The van der Waals surface area contributed by atoms with E-state index in [1.165, 1.54) is 97.0 Å². The summed E-state index contributed by atoms with van der Waals surface area (Å²) < 4.78 is 25.7. The molecule has 0 aliphatic heterocycles. The Balaban J connectivity index is 3.22. The van der Waals surface area contributed by atoms with Crippen LogP contribution in [0.25, 0.3) is 0 Å². The molecule has 0 aliphatic rings. The van der Waals surface area contributed by atoms with E-state index in [4.69, 9.17) is 19.3 Å². The van der Waals surface area contributed by atoms with Crippen molar-refractivity contribution in [2.45, 2.75) is 116 Å². The first kappa shape index (κ1) is 29.0. The quantitative estimate of drug-likeness (QED) is 0.142. The summed E-state index contributed by atoms with van der Waals surface area (Å²) in [4.78, 5) is 17.4. The van der Waals surface area contributed by atoms with Gasteiger partial charge in [0, 0.05) is 13.7 Å². The van der Waals surface area contributed by atoms with Crippen molar-refractivity contribution in [3.05, 3.63) is 0 Å². The Morgan fingerprint density at radius 1 is 0.690 bits per heavy atom. The SMILES string of the molecule is CCCCCCCCCCCCCCCCCCOCC(COP(=O)(O)O)OC. The molecule has 0 spiro atoms. The number of rotatable bonds is 23.